The number of aryl methyl sites for hydroxylation is 1. The first-order chi connectivity index (χ1) is 7.27. The van der Waals surface area contributed by atoms with Crippen molar-refractivity contribution in [2.24, 2.45) is 12.2 Å². The predicted molar refractivity (Wildman–Crippen MR) is 59.2 cm³/mol. The summed E-state index contributed by atoms with van der Waals surface area (Å²) in [6.07, 6.45) is 2.03. The summed E-state index contributed by atoms with van der Waals surface area (Å²) in [5.74, 6) is 0. The Morgan fingerprint density at radius 1 is 1.50 bits per heavy atom. The molecule has 0 aliphatic heterocycles. The summed E-state index contributed by atoms with van der Waals surface area (Å²) >= 11 is 0. The average molecular weight is 244 g/mol. The number of aromatic nitrogens is 2. The average Bonchev–Trinajstić information content (AvgIpc) is 2.84. The van der Waals surface area contributed by atoms with Gasteiger partial charge in [0.05, 0.1) is 11.2 Å². The Morgan fingerprint density at radius 3 is 2.38 bits per heavy atom. The van der Waals surface area contributed by atoms with Crippen molar-refractivity contribution in [1.82, 2.24) is 14.7 Å². The van der Waals surface area contributed by atoms with Crippen LogP contribution in [0.5, 0.6) is 0 Å². The monoisotopic (exact) mass is 244 g/mol. The van der Waals surface area contributed by atoms with Crippen LogP contribution in [-0.2, 0) is 22.6 Å². The van der Waals surface area contributed by atoms with Crippen molar-refractivity contribution in [2.75, 3.05) is 14.1 Å². The van der Waals surface area contributed by atoms with Crippen LogP contribution in [0.1, 0.15) is 18.5 Å². The van der Waals surface area contributed by atoms with Crippen molar-refractivity contribution in [2.45, 2.75) is 23.4 Å². The van der Waals surface area contributed by atoms with Crippen molar-refractivity contribution in [3.05, 3.63) is 11.8 Å². The zero-order valence-electron chi connectivity index (χ0n) is 9.64. The molecule has 1 aliphatic rings. The molecule has 0 atom stereocenters. The molecule has 0 radical (unpaired) electrons. The minimum atomic E-state index is -3.71. The molecule has 2 rings (SSSR count). The molecule has 1 aromatic rings. The second-order valence-corrected chi connectivity index (χ2v) is 5.97. The van der Waals surface area contributed by atoms with E-state index < -0.39 is 10.0 Å². The van der Waals surface area contributed by atoms with Crippen LogP contribution in [0.25, 0.3) is 0 Å². The highest BCUT2D eigenvalue weighted by Crippen LogP contribution is 2.49. The topological polar surface area (TPSA) is 81.2 Å². The molecule has 1 saturated carbocycles. The lowest BCUT2D eigenvalue weighted by Gasteiger charge is -2.23. The molecule has 1 aliphatic carbocycles. The molecule has 1 heterocycles. The number of rotatable bonds is 3. The minimum absolute atomic E-state index is 0.0573. The fraction of sp³-hybridized carbons (Fsp3) is 0.667. The van der Waals surface area contributed by atoms with Crippen LogP contribution in [0, 0.1) is 0 Å². The van der Waals surface area contributed by atoms with Gasteiger partial charge >= 0.3 is 0 Å². The van der Waals surface area contributed by atoms with Gasteiger partial charge in [0.15, 0.2) is 5.03 Å². The lowest BCUT2D eigenvalue weighted by molar-refractivity contribution is 0.262. The number of primary sulfonamides is 1. The van der Waals surface area contributed by atoms with Crippen LogP contribution in [-0.4, -0.2) is 37.2 Å². The normalized spacial score (nSPS) is 19.1. The van der Waals surface area contributed by atoms with Crippen LogP contribution in [0.3, 0.4) is 0 Å². The third-order valence-corrected chi connectivity index (χ3v) is 3.99. The van der Waals surface area contributed by atoms with Gasteiger partial charge in [-0.05, 0) is 26.9 Å². The lowest BCUT2D eigenvalue weighted by atomic mass is 10.1. The third kappa shape index (κ3) is 1.64. The molecule has 7 heteroatoms. The maximum Gasteiger partial charge on any atom is 0.257 e. The maximum atomic E-state index is 11.2. The smallest absolute Gasteiger partial charge is 0.257 e. The highest BCUT2D eigenvalue weighted by Gasteiger charge is 2.49. The van der Waals surface area contributed by atoms with Gasteiger partial charge in [-0.1, -0.05) is 0 Å². The lowest BCUT2D eigenvalue weighted by Crippen LogP contribution is -2.29. The highest BCUT2D eigenvalue weighted by atomic mass is 32.2. The Balaban J connectivity index is 2.49. The number of hydrogen-bond acceptors (Lipinski definition) is 4. The van der Waals surface area contributed by atoms with E-state index in [4.69, 9.17) is 5.14 Å². The van der Waals surface area contributed by atoms with E-state index >= 15 is 0 Å². The molecular weight excluding hydrogens is 228 g/mol. The molecule has 0 unspecified atom stereocenters. The van der Waals surface area contributed by atoms with Crippen LogP contribution in [0.4, 0.5) is 0 Å². The van der Waals surface area contributed by atoms with Crippen molar-refractivity contribution < 1.29 is 8.42 Å². The summed E-state index contributed by atoms with van der Waals surface area (Å²) in [5, 5.41) is 8.95. The van der Waals surface area contributed by atoms with Gasteiger partial charge in [0.2, 0.25) is 0 Å². The van der Waals surface area contributed by atoms with Crippen LogP contribution in [0.15, 0.2) is 11.1 Å². The first kappa shape index (κ1) is 11.6. The van der Waals surface area contributed by atoms with Gasteiger partial charge in [-0.15, -0.1) is 0 Å². The molecule has 0 spiro atoms. The van der Waals surface area contributed by atoms with Crippen LogP contribution < -0.4 is 5.14 Å². The van der Waals surface area contributed by atoms with Gasteiger partial charge in [-0.3, -0.25) is 9.58 Å². The fourth-order valence-electron chi connectivity index (χ4n) is 2.07. The zero-order valence-corrected chi connectivity index (χ0v) is 10.5. The molecule has 0 amide bonds. The minimum Gasteiger partial charge on any atom is -0.298 e. The number of sulfonamides is 1. The SMILES string of the molecule is CN(C)C1(c2cc(S(N)(=O)=O)nn2C)CC1. The van der Waals surface area contributed by atoms with E-state index in [0.29, 0.717) is 0 Å². The summed E-state index contributed by atoms with van der Waals surface area (Å²) in [6, 6.07) is 1.57. The number of nitrogens with two attached hydrogens (primary N) is 1. The molecule has 0 aromatic carbocycles. The van der Waals surface area contributed by atoms with E-state index in [-0.39, 0.29) is 10.6 Å². The van der Waals surface area contributed by atoms with Gasteiger partial charge in [0.1, 0.15) is 0 Å². The Bertz CT molecular complexity index is 514. The molecule has 6 nitrogen and oxygen atoms in total. The Hall–Kier alpha value is -0.920. The largest absolute Gasteiger partial charge is 0.298 e. The van der Waals surface area contributed by atoms with Crippen molar-refractivity contribution in [1.29, 1.82) is 0 Å². The van der Waals surface area contributed by atoms with Gasteiger partial charge in [-0.2, -0.15) is 5.10 Å². The molecular formula is C9H16N4O2S. The standard InChI is InChI=1S/C9H16N4O2S/c1-12(2)9(4-5-9)7-6-8(11-13(7)3)16(10,14)15/h6H,4-5H2,1-3H3,(H2,10,14,15). The van der Waals surface area contributed by atoms with E-state index in [9.17, 15) is 8.42 Å². The van der Waals surface area contributed by atoms with Crippen molar-refractivity contribution in [3.8, 4) is 0 Å². The molecule has 0 saturated heterocycles. The zero-order chi connectivity index (χ0) is 12.1. The van der Waals surface area contributed by atoms with E-state index in [0.717, 1.165) is 18.5 Å². The molecule has 16 heavy (non-hydrogen) atoms. The van der Waals surface area contributed by atoms with E-state index in [1.165, 1.54) is 0 Å². The summed E-state index contributed by atoms with van der Waals surface area (Å²) in [4.78, 5) is 2.09. The highest BCUT2D eigenvalue weighted by molar-refractivity contribution is 7.89. The summed E-state index contributed by atoms with van der Waals surface area (Å²) < 4.78 is 24.0. The second kappa shape index (κ2) is 3.28. The molecule has 90 valence electrons. The van der Waals surface area contributed by atoms with Gasteiger partial charge in [-0.25, -0.2) is 13.6 Å². The molecule has 1 aromatic heterocycles. The number of hydrogen-bond donors (Lipinski definition) is 1. The molecule has 1 fully saturated rings. The number of nitrogens with zero attached hydrogens (tertiary/aromatic N) is 3. The van der Waals surface area contributed by atoms with Crippen molar-refractivity contribution >= 4 is 10.0 Å². The van der Waals surface area contributed by atoms with Gasteiger partial charge in [0.25, 0.3) is 10.0 Å². The third-order valence-electron chi connectivity index (χ3n) is 3.21. The quantitative estimate of drug-likeness (QED) is 0.785. The Morgan fingerprint density at radius 2 is 2.06 bits per heavy atom. The van der Waals surface area contributed by atoms with Crippen molar-refractivity contribution in [3.63, 3.8) is 0 Å². The summed E-state index contributed by atoms with van der Waals surface area (Å²) in [7, 11) is 2.00. The van der Waals surface area contributed by atoms with E-state index in [2.05, 4.69) is 10.00 Å². The van der Waals surface area contributed by atoms with E-state index in [1.54, 1.807) is 17.8 Å². The first-order valence-corrected chi connectivity index (χ1v) is 6.57. The first-order valence-electron chi connectivity index (χ1n) is 5.02. The fourth-order valence-corrected chi connectivity index (χ4v) is 2.58. The molecule has 2 N–H and O–H groups in total. The predicted octanol–water partition coefficient (Wildman–Crippen LogP) is -0.382. The second-order valence-electron chi connectivity index (χ2n) is 4.46. The van der Waals surface area contributed by atoms with Crippen LogP contribution >= 0.6 is 0 Å². The van der Waals surface area contributed by atoms with Gasteiger partial charge in [0, 0.05) is 13.1 Å². The molecule has 0 bridgehead atoms. The summed E-state index contributed by atoms with van der Waals surface area (Å²) in [5.41, 5.74) is 0.839. The Kier molecular flexibility index (Phi) is 2.37. The maximum absolute atomic E-state index is 11.2. The van der Waals surface area contributed by atoms with E-state index in [1.807, 2.05) is 14.1 Å². The summed E-state index contributed by atoms with van der Waals surface area (Å²) in [6.45, 7) is 0. The van der Waals surface area contributed by atoms with Gasteiger partial charge < -0.3 is 0 Å². The Labute approximate surface area is 95.1 Å². The van der Waals surface area contributed by atoms with Crippen LogP contribution in [0.2, 0.25) is 0 Å².